The minimum atomic E-state index is -0.0943. The van der Waals surface area contributed by atoms with E-state index < -0.39 is 0 Å². The maximum Gasteiger partial charge on any atom is 0.255 e. The molecule has 0 atom stereocenters. The van der Waals surface area contributed by atoms with Gasteiger partial charge in [-0.15, -0.1) is 0 Å². The standard InChI is InChI=1S/C22H22N6O2/c1-27-10-15(17-7-16(30-2)3-4-20(17)27)11-28-6-5-19-18(12-28)22(29)26-21(25-19)14-8-23-13-24-9-14/h3-4,7-10,13H,5-6,11-12H2,1-2H3,(H,25,26,29). The van der Waals surface area contributed by atoms with Crippen LogP contribution in [0.1, 0.15) is 16.8 Å². The Labute approximate surface area is 173 Å². The summed E-state index contributed by atoms with van der Waals surface area (Å²) in [6.45, 7) is 2.18. The number of aromatic nitrogens is 5. The normalized spacial score (nSPS) is 14.1. The summed E-state index contributed by atoms with van der Waals surface area (Å²) in [4.78, 5) is 30.7. The van der Waals surface area contributed by atoms with Crippen LogP contribution in [0.25, 0.3) is 22.3 Å². The van der Waals surface area contributed by atoms with Crippen molar-refractivity contribution in [3.63, 3.8) is 0 Å². The Morgan fingerprint density at radius 2 is 2.07 bits per heavy atom. The molecule has 152 valence electrons. The average molecular weight is 402 g/mol. The molecule has 1 N–H and O–H groups in total. The third-order valence-corrected chi connectivity index (χ3v) is 5.65. The van der Waals surface area contributed by atoms with Crippen LogP contribution in [0.3, 0.4) is 0 Å². The van der Waals surface area contributed by atoms with Crippen molar-refractivity contribution in [2.24, 2.45) is 7.05 Å². The molecule has 1 aromatic carbocycles. The molecule has 0 saturated heterocycles. The van der Waals surface area contributed by atoms with Gasteiger partial charge in [0.05, 0.1) is 23.9 Å². The number of benzene rings is 1. The van der Waals surface area contributed by atoms with E-state index in [1.54, 1.807) is 19.5 Å². The Balaban J connectivity index is 1.43. The number of fused-ring (bicyclic) bond motifs is 2. The van der Waals surface area contributed by atoms with Crippen molar-refractivity contribution < 1.29 is 4.74 Å². The van der Waals surface area contributed by atoms with Gasteiger partial charge in [-0.3, -0.25) is 9.69 Å². The van der Waals surface area contributed by atoms with E-state index in [4.69, 9.17) is 4.74 Å². The first-order valence-electron chi connectivity index (χ1n) is 9.84. The van der Waals surface area contributed by atoms with Gasteiger partial charge in [0.1, 0.15) is 17.9 Å². The summed E-state index contributed by atoms with van der Waals surface area (Å²) in [5.74, 6) is 1.37. The number of H-pyrrole nitrogens is 1. The first-order valence-corrected chi connectivity index (χ1v) is 9.84. The molecule has 3 aromatic heterocycles. The molecule has 0 unspecified atom stereocenters. The fourth-order valence-corrected chi connectivity index (χ4v) is 4.12. The highest BCUT2D eigenvalue weighted by Crippen LogP contribution is 2.27. The molecule has 4 heterocycles. The molecule has 0 saturated carbocycles. The molecular weight excluding hydrogens is 380 g/mol. The van der Waals surface area contributed by atoms with Gasteiger partial charge in [0, 0.05) is 62.6 Å². The van der Waals surface area contributed by atoms with Crippen molar-refractivity contribution in [1.29, 1.82) is 0 Å². The van der Waals surface area contributed by atoms with E-state index in [0.717, 1.165) is 42.0 Å². The third kappa shape index (κ3) is 3.25. The van der Waals surface area contributed by atoms with Gasteiger partial charge in [-0.05, 0) is 23.8 Å². The molecule has 0 spiro atoms. The molecule has 30 heavy (non-hydrogen) atoms. The summed E-state index contributed by atoms with van der Waals surface area (Å²) >= 11 is 0. The third-order valence-electron chi connectivity index (χ3n) is 5.65. The molecule has 0 aliphatic carbocycles. The Bertz CT molecular complexity index is 1280. The summed E-state index contributed by atoms with van der Waals surface area (Å²) in [6, 6.07) is 6.13. The van der Waals surface area contributed by atoms with Gasteiger partial charge in [0.2, 0.25) is 0 Å². The van der Waals surface area contributed by atoms with Gasteiger partial charge in [-0.1, -0.05) is 0 Å². The van der Waals surface area contributed by atoms with Gasteiger partial charge >= 0.3 is 0 Å². The van der Waals surface area contributed by atoms with Crippen molar-refractivity contribution in [1.82, 2.24) is 29.4 Å². The van der Waals surface area contributed by atoms with E-state index >= 15 is 0 Å². The minimum absolute atomic E-state index is 0.0943. The molecule has 1 aliphatic rings. The van der Waals surface area contributed by atoms with Crippen molar-refractivity contribution in [2.75, 3.05) is 13.7 Å². The zero-order chi connectivity index (χ0) is 20.7. The molecule has 8 nitrogen and oxygen atoms in total. The number of nitrogens with zero attached hydrogens (tertiary/aromatic N) is 5. The first-order chi connectivity index (χ1) is 14.6. The summed E-state index contributed by atoms with van der Waals surface area (Å²) in [5, 5.41) is 1.18. The van der Waals surface area contributed by atoms with Crippen LogP contribution >= 0.6 is 0 Å². The van der Waals surface area contributed by atoms with Crippen LogP contribution in [-0.4, -0.2) is 43.1 Å². The minimum Gasteiger partial charge on any atom is -0.497 e. The molecule has 0 radical (unpaired) electrons. The Kier molecular flexibility index (Phi) is 4.55. The Hall–Kier alpha value is -3.52. The van der Waals surface area contributed by atoms with Crippen LogP contribution < -0.4 is 10.3 Å². The fourth-order valence-electron chi connectivity index (χ4n) is 4.12. The second kappa shape index (κ2) is 7.38. The number of nitrogens with one attached hydrogen (secondary N) is 1. The zero-order valence-corrected chi connectivity index (χ0v) is 16.9. The maximum absolute atomic E-state index is 12.8. The number of ether oxygens (including phenoxy) is 1. The van der Waals surface area contributed by atoms with Crippen LogP contribution in [0.15, 0.2) is 47.9 Å². The van der Waals surface area contributed by atoms with Crippen molar-refractivity contribution in [2.45, 2.75) is 19.5 Å². The van der Waals surface area contributed by atoms with E-state index in [9.17, 15) is 4.79 Å². The fraction of sp³-hybridized carbons (Fsp3) is 0.273. The topological polar surface area (TPSA) is 88.9 Å². The summed E-state index contributed by atoms with van der Waals surface area (Å²) in [7, 11) is 3.73. The van der Waals surface area contributed by atoms with Crippen molar-refractivity contribution >= 4 is 10.9 Å². The summed E-state index contributed by atoms with van der Waals surface area (Å²) in [5.41, 5.74) is 4.59. The molecule has 8 heteroatoms. The number of methoxy groups -OCH3 is 1. The van der Waals surface area contributed by atoms with Gasteiger partial charge in [-0.25, -0.2) is 15.0 Å². The second-order valence-corrected chi connectivity index (χ2v) is 7.58. The molecule has 5 rings (SSSR count). The van der Waals surface area contributed by atoms with Crippen LogP contribution in [-0.2, 0) is 26.6 Å². The summed E-state index contributed by atoms with van der Waals surface area (Å²) < 4.78 is 7.53. The maximum atomic E-state index is 12.8. The quantitative estimate of drug-likeness (QED) is 0.563. The summed E-state index contributed by atoms with van der Waals surface area (Å²) in [6.07, 6.45) is 7.65. The van der Waals surface area contributed by atoms with Gasteiger partial charge < -0.3 is 14.3 Å². The SMILES string of the molecule is COc1ccc2c(c1)c(CN1CCc3nc(-c4cncnc4)[nH]c(=O)c3C1)cn2C. The monoisotopic (exact) mass is 402 g/mol. The predicted molar refractivity (Wildman–Crippen MR) is 113 cm³/mol. The van der Waals surface area contributed by atoms with E-state index in [2.05, 4.69) is 47.7 Å². The molecule has 0 fully saturated rings. The van der Waals surface area contributed by atoms with E-state index in [1.807, 2.05) is 13.1 Å². The molecular formula is C22H22N6O2. The van der Waals surface area contributed by atoms with Crippen LogP contribution in [0.5, 0.6) is 5.75 Å². The number of hydrogen-bond acceptors (Lipinski definition) is 6. The Morgan fingerprint density at radius 3 is 2.87 bits per heavy atom. The first kappa shape index (κ1) is 18.5. The lowest BCUT2D eigenvalue weighted by atomic mass is 10.1. The average Bonchev–Trinajstić information content (AvgIpc) is 3.09. The van der Waals surface area contributed by atoms with Crippen molar-refractivity contribution in [3.8, 4) is 17.1 Å². The molecule has 0 bridgehead atoms. The van der Waals surface area contributed by atoms with Crippen molar-refractivity contribution in [3.05, 3.63) is 70.3 Å². The van der Waals surface area contributed by atoms with E-state index in [-0.39, 0.29) is 5.56 Å². The van der Waals surface area contributed by atoms with Crippen LogP contribution in [0.4, 0.5) is 0 Å². The number of hydrogen-bond donors (Lipinski definition) is 1. The Morgan fingerprint density at radius 1 is 1.23 bits per heavy atom. The number of aryl methyl sites for hydroxylation is 1. The van der Waals surface area contributed by atoms with Crippen LogP contribution in [0.2, 0.25) is 0 Å². The molecule has 0 amide bonds. The van der Waals surface area contributed by atoms with Crippen LogP contribution in [0, 0.1) is 0 Å². The van der Waals surface area contributed by atoms with Gasteiger partial charge in [-0.2, -0.15) is 0 Å². The molecule has 1 aliphatic heterocycles. The smallest absolute Gasteiger partial charge is 0.255 e. The number of aromatic amines is 1. The highest BCUT2D eigenvalue weighted by atomic mass is 16.5. The highest BCUT2D eigenvalue weighted by Gasteiger charge is 2.22. The zero-order valence-electron chi connectivity index (χ0n) is 16.9. The van der Waals surface area contributed by atoms with E-state index in [0.29, 0.717) is 17.9 Å². The van der Waals surface area contributed by atoms with Gasteiger partial charge in [0.25, 0.3) is 5.56 Å². The highest BCUT2D eigenvalue weighted by molar-refractivity contribution is 5.85. The van der Waals surface area contributed by atoms with E-state index in [1.165, 1.54) is 17.3 Å². The second-order valence-electron chi connectivity index (χ2n) is 7.58. The lowest BCUT2D eigenvalue weighted by molar-refractivity contribution is 0.242. The predicted octanol–water partition coefficient (Wildman–Crippen LogP) is 2.29. The largest absolute Gasteiger partial charge is 0.497 e. The number of rotatable bonds is 4. The lowest BCUT2D eigenvalue weighted by Crippen LogP contribution is -2.35. The molecule has 4 aromatic rings. The van der Waals surface area contributed by atoms with Gasteiger partial charge in [0.15, 0.2) is 0 Å². The lowest BCUT2D eigenvalue weighted by Gasteiger charge is -2.27.